The van der Waals surface area contributed by atoms with Crippen LogP contribution in [0.15, 0.2) is 24.3 Å². The number of likely N-dealkylation sites (N-methyl/N-ethyl adjacent to an activating group) is 1. The molecule has 0 saturated heterocycles. The van der Waals surface area contributed by atoms with Crippen LogP contribution in [0, 0.1) is 0 Å². The molecule has 0 aromatic heterocycles. The van der Waals surface area contributed by atoms with Crippen molar-refractivity contribution in [2.75, 3.05) is 26.0 Å². The average molecular weight is 222 g/mol. The highest BCUT2D eigenvalue weighted by molar-refractivity contribution is 5.89. The second kappa shape index (κ2) is 6.25. The summed E-state index contributed by atoms with van der Waals surface area (Å²) in [7, 11) is 4.00. The number of nitrogens with one attached hydrogen (secondary N) is 3. The third kappa shape index (κ3) is 4.00. The fourth-order valence-corrected chi connectivity index (χ4v) is 1.50. The van der Waals surface area contributed by atoms with Crippen molar-refractivity contribution in [1.29, 1.82) is 0 Å². The van der Waals surface area contributed by atoms with Gasteiger partial charge in [0, 0.05) is 26.1 Å². The van der Waals surface area contributed by atoms with Crippen LogP contribution in [0.3, 0.4) is 0 Å². The van der Waals surface area contributed by atoms with Gasteiger partial charge in [0.25, 0.3) is 0 Å². The lowest BCUT2D eigenvalue weighted by molar-refractivity contribution is -0.923. The summed E-state index contributed by atoms with van der Waals surface area (Å²) in [4.78, 5) is 11.0. The van der Waals surface area contributed by atoms with Gasteiger partial charge >= 0.3 is 0 Å². The lowest BCUT2D eigenvalue weighted by atomic mass is 10.1. The summed E-state index contributed by atoms with van der Waals surface area (Å²) in [6.07, 6.45) is 0.934. The predicted molar refractivity (Wildman–Crippen MR) is 65.3 cm³/mol. The highest BCUT2D eigenvalue weighted by atomic mass is 16.1. The van der Waals surface area contributed by atoms with Gasteiger partial charge in [-0.25, -0.2) is 0 Å². The zero-order chi connectivity index (χ0) is 12.0. The normalized spacial score (nSPS) is 12.2. The number of anilines is 1. The maximum atomic E-state index is 11.0. The van der Waals surface area contributed by atoms with Crippen molar-refractivity contribution >= 4 is 11.6 Å². The van der Waals surface area contributed by atoms with Gasteiger partial charge in [0.15, 0.2) is 0 Å². The van der Waals surface area contributed by atoms with Crippen molar-refractivity contribution in [1.82, 2.24) is 5.43 Å². The zero-order valence-electron chi connectivity index (χ0n) is 10.1. The minimum absolute atomic E-state index is 0.0261. The first-order chi connectivity index (χ1) is 7.63. The predicted octanol–water partition coefficient (Wildman–Crippen LogP) is -0.163. The van der Waals surface area contributed by atoms with E-state index in [1.165, 1.54) is 17.5 Å². The number of amides is 1. The molecule has 0 spiro atoms. The molecule has 0 saturated carbocycles. The number of carbonyl (C=O) groups excluding carboxylic acids is 1. The largest absolute Gasteiger partial charge is 0.326 e. The van der Waals surface area contributed by atoms with E-state index in [2.05, 4.69) is 17.8 Å². The molecule has 1 rings (SSSR count). The molecule has 1 unspecified atom stereocenters. The van der Waals surface area contributed by atoms with Crippen LogP contribution in [-0.4, -0.2) is 26.5 Å². The Hall–Kier alpha value is -1.39. The maximum absolute atomic E-state index is 11.0. The fraction of sp³-hybridized carbons (Fsp3) is 0.417. The molecule has 0 aliphatic heterocycles. The lowest BCUT2D eigenvalue weighted by Crippen LogP contribution is -3.15. The highest BCUT2D eigenvalue weighted by Gasteiger charge is 2.05. The molecule has 88 valence electrons. The van der Waals surface area contributed by atoms with Gasteiger partial charge in [0.2, 0.25) is 5.91 Å². The Morgan fingerprint density at radius 3 is 2.69 bits per heavy atom. The summed E-state index contributed by atoms with van der Waals surface area (Å²) in [6.45, 7) is 2.51. The standard InChI is InChI=1S/C12H19N3O/c1-10(16)14-12-7-5-4-6-11(12)8-9-15(3)13-2/h4-7,13H,8-9H2,1-3H3,(H,14,16)/p+1. The van der Waals surface area contributed by atoms with Crippen molar-refractivity contribution < 1.29 is 9.80 Å². The van der Waals surface area contributed by atoms with Gasteiger partial charge in [0.05, 0.1) is 13.6 Å². The Balaban J connectivity index is 2.67. The van der Waals surface area contributed by atoms with Gasteiger partial charge in [-0.2, -0.15) is 5.43 Å². The Kier molecular flexibility index (Phi) is 4.95. The number of hydrogen-bond donors (Lipinski definition) is 3. The zero-order valence-corrected chi connectivity index (χ0v) is 10.1. The van der Waals surface area contributed by atoms with E-state index >= 15 is 0 Å². The summed E-state index contributed by atoms with van der Waals surface area (Å²) >= 11 is 0. The molecule has 0 bridgehead atoms. The van der Waals surface area contributed by atoms with Crippen molar-refractivity contribution in [3.63, 3.8) is 0 Å². The third-order valence-electron chi connectivity index (χ3n) is 2.52. The van der Waals surface area contributed by atoms with Gasteiger partial charge < -0.3 is 5.32 Å². The molecule has 3 N–H and O–H groups in total. The van der Waals surface area contributed by atoms with Crippen LogP contribution in [0.1, 0.15) is 12.5 Å². The van der Waals surface area contributed by atoms with Crippen molar-refractivity contribution in [2.45, 2.75) is 13.3 Å². The van der Waals surface area contributed by atoms with E-state index in [-0.39, 0.29) is 5.91 Å². The molecular formula is C12H20N3O+. The average Bonchev–Trinajstić information content (AvgIpc) is 2.26. The number of carbonyl (C=O) groups is 1. The molecule has 0 aliphatic rings. The third-order valence-corrected chi connectivity index (χ3v) is 2.52. The molecule has 1 amide bonds. The van der Waals surface area contributed by atoms with Crippen LogP contribution in [0.2, 0.25) is 0 Å². The second-order valence-electron chi connectivity index (χ2n) is 3.87. The first-order valence-electron chi connectivity index (χ1n) is 5.49. The molecule has 4 heteroatoms. The van der Waals surface area contributed by atoms with E-state index < -0.39 is 0 Å². The SMILES string of the molecule is CN[NH+](C)CCc1ccccc1NC(C)=O. The molecular weight excluding hydrogens is 202 g/mol. The van der Waals surface area contributed by atoms with Gasteiger partial charge in [-0.05, 0) is 11.6 Å². The van der Waals surface area contributed by atoms with E-state index in [4.69, 9.17) is 0 Å². The molecule has 0 heterocycles. The molecule has 0 radical (unpaired) electrons. The first kappa shape index (κ1) is 12.7. The Morgan fingerprint density at radius 1 is 1.38 bits per heavy atom. The molecule has 16 heavy (non-hydrogen) atoms. The summed E-state index contributed by atoms with van der Waals surface area (Å²) in [6, 6.07) is 7.92. The van der Waals surface area contributed by atoms with E-state index in [0.29, 0.717) is 0 Å². The summed E-state index contributed by atoms with van der Waals surface area (Å²) in [5.74, 6) is -0.0261. The minimum Gasteiger partial charge on any atom is -0.326 e. The number of para-hydroxylation sites is 1. The van der Waals surface area contributed by atoms with Gasteiger partial charge in [-0.1, -0.05) is 18.2 Å². The van der Waals surface area contributed by atoms with E-state index in [1.807, 2.05) is 31.3 Å². The summed E-state index contributed by atoms with van der Waals surface area (Å²) in [5, 5.41) is 4.09. The summed E-state index contributed by atoms with van der Waals surface area (Å²) < 4.78 is 0. The molecule has 1 aromatic rings. The van der Waals surface area contributed by atoms with Crippen LogP contribution < -0.4 is 15.8 Å². The van der Waals surface area contributed by atoms with Crippen LogP contribution in [0.25, 0.3) is 0 Å². The van der Waals surface area contributed by atoms with Gasteiger partial charge in [0.1, 0.15) is 0 Å². The number of benzene rings is 1. The van der Waals surface area contributed by atoms with E-state index in [1.54, 1.807) is 0 Å². The summed E-state index contributed by atoms with van der Waals surface area (Å²) in [5.41, 5.74) is 5.21. The minimum atomic E-state index is -0.0261. The number of rotatable bonds is 5. The highest BCUT2D eigenvalue weighted by Crippen LogP contribution is 2.14. The first-order valence-corrected chi connectivity index (χ1v) is 5.49. The Morgan fingerprint density at radius 2 is 2.06 bits per heavy atom. The Bertz CT molecular complexity index is 352. The van der Waals surface area contributed by atoms with Gasteiger partial charge in [-0.3, -0.25) is 9.80 Å². The van der Waals surface area contributed by atoms with Crippen LogP contribution in [-0.2, 0) is 11.2 Å². The van der Waals surface area contributed by atoms with Crippen molar-refractivity contribution in [3.05, 3.63) is 29.8 Å². The smallest absolute Gasteiger partial charge is 0.221 e. The number of hydrogen-bond acceptors (Lipinski definition) is 2. The fourth-order valence-electron chi connectivity index (χ4n) is 1.50. The van der Waals surface area contributed by atoms with Gasteiger partial charge in [-0.15, -0.1) is 0 Å². The molecule has 1 aromatic carbocycles. The quantitative estimate of drug-likeness (QED) is 0.606. The maximum Gasteiger partial charge on any atom is 0.221 e. The Labute approximate surface area is 96.6 Å². The topological polar surface area (TPSA) is 45.6 Å². The molecule has 4 nitrogen and oxygen atoms in total. The van der Waals surface area contributed by atoms with Crippen molar-refractivity contribution in [3.8, 4) is 0 Å². The van der Waals surface area contributed by atoms with Crippen LogP contribution in [0.4, 0.5) is 5.69 Å². The van der Waals surface area contributed by atoms with Crippen LogP contribution >= 0.6 is 0 Å². The molecule has 0 aliphatic carbocycles. The van der Waals surface area contributed by atoms with E-state index in [9.17, 15) is 4.79 Å². The molecule has 0 fully saturated rings. The van der Waals surface area contributed by atoms with Crippen molar-refractivity contribution in [2.24, 2.45) is 0 Å². The second-order valence-corrected chi connectivity index (χ2v) is 3.87. The molecule has 1 atom stereocenters. The number of quaternary nitrogens is 1. The van der Waals surface area contributed by atoms with E-state index in [0.717, 1.165) is 18.7 Å². The lowest BCUT2D eigenvalue weighted by Gasteiger charge is -2.13. The van der Waals surface area contributed by atoms with Crippen LogP contribution in [0.5, 0.6) is 0 Å². The monoisotopic (exact) mass is 222 g/mol.